The molecule has 2 aromatic rings. The van der Waals surface area contributed by atoms with Crippen molar-refractivity contribution in [2.45, 2.75) is 0 Å². The summed E-state index contributed by atoms with van der Waals surface area (Å²) < 4.78 is 0. The lowest BCUT2D eigenvalue weighted by molar-refractivity contribution is 0.0518. The van der Waals surface area contributed by atoms with Crippen LogP contribution in [0.3, 0.4) is 0 Å². The number of hydrazine groups is 1. The molecule has 0 radical (unpaired) electrons. The molecule has 2 aromatic carbocycles. The molecule has 11 heteroatoms. The van der Waals surface area contributed by atoms with Gasteiger partial charge in [-0.2, -0.15) is 5.01 Å². The fourth-order valence-corrected chi connectivity index (χ4v) is 3.57. The Balaban J connectivity index is 1.98. The van der Waals surface area contributed by atoms with Crippen molar-refractivity contribution >= 4 is 87.3 Å². The number of halogens is 6. The smallest absolute Gasteiger partial charge is 0.267 e. The van der Waals surface area contributed by atoms with Crippen LogP contribution in [0, 0.1) is 0 Å². The molecule has 0 aromatic heterocycles. The van der Waals surface area contributed by atoms with Crippen molar-refractivity contribution in [1.29, 1.82) is 0 Å². The minimum atomic E-state index is -0.899. The number of carbonyl (C=O) groups excluding carboxylic acids is 3. The minimum absolute atomic E-state index is 0.0733. The Morgan fingerprint density at radius 1 is 0.769 bits per heavy atom. The van der Waals surface area contributed by atoms with Crippen LogP contribution >= 0.6 is 69.6 Å². The van der Waals surface area contributed by atoms with E-state index in [1.807, 2.05) is 0 Å². The molecule has 0 fully saturated rings. The summed E-state index contributed by atoms with van der Waals surface area (Å²) in [7, 11) is 0. The lowest BCUT2D eigenvalue weighted by Crippen LogP contribution is -2.45. The van der Waals surface area contributed by atoms with Crippen LogP contribution in [0.1, 0.15) is 31.1 Å². The summed E-state index contributed by atoms with van der Waals surface area (Å²) >= 11 is 35.5. The third-order valence-corrected chi connectivity index (χ3v) is 6.04. The first-order valence-electron chi connectivity index (χ1n) is 6.66. The summed E-state index contributed by atoms with van der Waals surface area (Å²) in [6, 6.07) is 4.05. The van der Waals surface area contributed by atoms with Crippen molar-refractivity contribution in [2.75, 3.05) is 0 Å². The monoisotopic (exact) mass is 470 g/mol. The van der Waals surface area contributed by atoms with E-state index in [0.717, 1.165) is 0 Å². The van der Waals surface area contributed by atoms with Crippen molar-refractivity contribution in [3.8, 4) is 0 Å². The highest BCUT2D eigenvalue weighted by Gasteiger charge is 2.42. The highest BCUT2D eigenvalue weighted by molar-refractivity contribution is 6.55. The first-order valence-corrected chi connectivity index (χ1v) is 8.92. The second-order valence-electron chi connectivity index (χ2n) is 5.02. The maximum Gasteiger partial charge on any atom is 0.282 e. The van der Waals surface area contributed by atoms with Crippen LogP contribution in [-0.2, 0) is 0 Å². The van der Waals surface area contributed by atoms with Crippen LogP contribution in [-0.4, -0.2) is 22.7 Å². The fraction of sp³-hybridized carbons (Fsp3) is 0. The summed E-state index contributed by atoms with van der Waals surface area (Å²) in [5.41, 5.74) is 1.76. The third-order valence-electron chi connectivity index (χ3n) is 3.50. The summed E-state index contributed by atoms with van der Waals surface area (Å²) in [6.07, 6.45) is 0. The minimum Gasteiger partial charge on any atom is -0.267 e. The Morgan fingerprint density at radius 3 is 1.73 bits per heavy atom. The van der Waals surface area contributed by atoms with E-state index in [2.05, 4.69) is 5.43 Å². The molecule has 1 heterocycles. The Hall–Kier alpha value is -1.21. The molecule has 0 saturated carbocycles. The average Bonchev–Trinajstić information content (AvgIpc) is 2.85. The Kier molecular flexibility index (Phi) is 5.32. The first-order chi connectivity index (χ1) is 12.1. The molecule has 0 saturated heterocycles. The van der Waals surface area contributed by atoms with Gasteiger partial charge in [-0.3, -0.25) is 19.8 Å². The number of hydrogen-bond acceptors (Lipinski definition) is 3. The second kappa shape index (κ2) is 7.08. The topological polar surface area (TPSA) is 66.5 Å². The van der Waals surface area contributed by atoms with Gasteiger partial charge in [-0.25, -0.2) is 0 Å². The Bertz CT molecular complexity index is 961. The lowest BCUT2D eigenvalue weighted by Gasteiger charge is -2.15. The maximum absolute atomic E-state index is 12.5. The molecule has 0 spiro atoms. The molecule has 0 unspecified atom stereocenters. The van der Waals surface area contributed by atoms with E-state index < -0.39 is 17.7 Å². The standard InChI is InChI=1S/C15H4Cl6N2O3/c16-5-2-1-4(3-6(5)17)13(24)22-23-14(25)7-8(15(23)26)10(19)12(21)11(20)9(7)18/h1-3H,(H,22,24). The van der Waals surface area contributed by atoms with Crippen molar-refractivity contribution in [2.24, 2.45) is 0 Å². The molecule has 5 nitrogen and oxygen atoms in total. The zero-order chi connectivity index (χ0) is 19.3. The predicted molar refractivity (Wildman–Crippen MR) is 101 cm³/mol. The molecular weight excluding hydrogens is 469 g/mol. The molecule has 1 aliphatic heterocycles. The summed E-state index contributed by atoms with van der Waals surface area (Å²) in [4.78, 5) is 37.4. The summed E-state index contributed by atoms with van der Waals surface area (Å²) in [5.74, 6) is -2.57. The number of fused-ring (bicyclic) bond motifs is 1. The van der Waals surface area contributed by atoms with E-state index in [4.69, 9.17) is 69.6 Å². The molecule has 26 heavy (non-hydrogen) atoms. The number of carbonyl (C=O) groups is 3. The van der Waals surface area contributed by atoms with E-state index >= 15 is 0 Å². The van der Waals surface area contributed by atoms with Gasteiger partial charge in [-0.1, -0.05) is 69.6 Å². The Labute approximate surface area is 176 Å². The molecule has 0 atom stereocenters. The highest BCUT2D eigenvalue weighted by atomic mass is 35.5. The second-order valence-corrected chi connectivity index (χ2v) is 7.35. The number of imide groups is 1. The number of amides is 3. The molecule has 1 N–H and O–H groups in total. The molecule has 3 rings (SSSR count). The number of benzene rings is 2. The molecule has 0 bridgehead atoms. The normalized spacial score (nSPS) is 13.2. The maximum atomic E-state index is 12.5. The summed E-state index contributed by atoms with van der Waals surface area (Å²) in [5, 5.41) is 0.0336. The van der Waals surface area contributed by atoms with Crippen LogP contribution in [0.25, 0.3) is 0 Å². The van der Waals surface area contributed by atoms with Crippen LogP contribution in [0.15, 0.2) is 18.2 Å². The number of nitrogens with one attached hydrogen (secondary N) is 1. The predicted octanol–water partition coefficient (Wildman–Crippen LogP) is 5.55. The SMILES string of the molecule is O=C(NN1C(=O)c2c(Cl)c(Cl)c(Cl)c(Cl)c2C1=O)c1ccc(Cl)c(Cl)c1. The zero-order valence-corrected chi connectivity index (χ0v) is 16.7. The number of rotatable bonds is 2. The van der Waals surface area contributed by atoms with Gasteiger partial charge in [-0.15, -0.1) is 0 Å². The number of nitrogens with zero attached hydrogens (tertiary/aromatic N) is 1. The highest BCUT2D eigenvalue weighted by Crippen LogP contribution is 2.44. The van der Waals surface area contributed by atoms with E-state index in [1.54, 1.807) is 0 Å². The lowest BCUT2D eigenvalue weighted by atomic mass is 10.1. The van der Waals surface area contributed by atoms with Gasteiger partial charge in [0.05, 0.1) is 41.3 Å². The largest absolute Gasteiger partial charge is 0.282 e. The van der Waals surface area contributed by atoms with Gasteiger partial charge < -0.3 is 0 Å². The van der Waals surface area contributed by atoms with E-state index in [0.29, 0.717) is 5.01 Å². The van der Waals surface area contributed by atoms with Gasteiger partial charge in [0, 0.05) is 5.56 Å². The Morgan fingerprint density at radius 2 is 1.27 bits per heavy atom. The third kappa shape index (κ3) is 3.03. The van der Waals surface area contributed by atoms with Crippen molar-refractivity contribution in [3.05, 3.63) is 65.0 Å². The van der Waals surface area contributed by atoms with Crippen LogP contribution in [0.2, 0.25) is 30.1 Å². The van der Waals surface area contributed by atoms with E-state index in [1.165, 1.54) is 18.2 Å². The van der Waals surface area contributed by atoms with Gasteiger partial charge in [0.15, 0.2) is 0 Å². The van der Waals surface area contributed by atoms with Crippen LogP contribution < -0.4 is 5.43 Å². The first kappa shape index (κ1) is 19.5. The summed E-state index contributed by atoms with van der Waals surface area (Å²) in [6.45, 7) is 0. The van der Waals surface area contributed by atoms with E-state index in [9.17, 15) is 14.4 Å². The zero-order valence-electron chi connectivity index (χ0n) is 12.2. The van der Waals surface area contributed by atoms with Crippen molar-refractivity contribution in [1.82, 2.24) is 10.4 Å². The fourth-order valence-electron chi connectivity index (χ4n) is 2.25. The molecule has 3 amide bonds. The molecule has 134 valence electrons. The quantitative estimate of drug-likeness (QED) is 0.354. The van der Waals surface area contributed by atoms with E-state index in [-0.39, 0.29) is 46.8 Å². The van der Waals surface area contributed by atoms with Gasteiger partial charge in [0.25, 0.3) is 17.7 Å². The van der Waals surface area contributed by atoms with Crippen LogP contribution in [0.4, 0.5) is 0 Å². The molecular formula is C15H4Cl6N2O3. The van der Waals surface area contributed by atoms with Gasteiger partial charge in [0.1, 0.15) is 0 Å². The van der Waals surface area contributed by atoms with Crippen molar-refractivity contribution < 1.29 is 14.4 Å². The van der Waals surface area contributed by atoms with Crippen LogP contribution in [0.5, 0.6) is 0 Å². The van der Waals surface area contributed by atoms with Gasteiger partial charge in [-0.05, 0) is 18.2 Å². The van der Waals surface area contributed by atoms with Gasteiger partial charge >= 0.3 is 0 Å². The van der Waals surface area contributed by atoms with Gasteiger partial charge in [0.2, 0.25) is 0 Å². The molecule has 0 aliphatic carbocycles. The average molecular weight is 473 g/mol. The van der Waals surface area contributed by atoms with Crippen molar-refractivity contribution in [3.63, 3.8) is 0 Å². The number of hydrogen-bond donors (Lipinski definition) is 1. The molecule has 1 aliphatic rings.